The van der Waals surface area contributed by atoms with Crippen molar-refractivity contribution in [1.82, 2.24) is 5.32 Å². The van der Waals surface area contributed by atoms with Crippen LogP contribution in [0.15, 0.2) is 47.6 Å². The molecule has 3 rings (SSSR count). The SMILES string of the molecule is CCCCC1C(c2ccc(C)cc2)=NN(c2ccc(F)cc2F)C1(C)C(=O)NCCCCOC. The van der Waals surface area contributed by atoms with Crippen molar-refractivity contribution in [3.8, 4) is 0 Å². The van der Waals surface area contributed by atoms with Crippen LogP contribution in [0.25, 0.3) is 0 Å². The van der Waals surface area contributed by atoms with Crippen LogP contribution in [-0.4, -0.2) is 37.4 Å². The molecule has 34 heavy (non-hydrogen) atoms. The van der Waals surface area contributed by atoms with Crippen LogP contribution in [-0.2, 0) is 9.53 Å². The number of nitrogens with one attached hydrogen (secondary N) is 1. The van der Waals surface area contributed by atoms with Gasteiger partial charge in [-0.15, -0.1) is 0 Å². The molecule has 0 fully saturated rings. The van der Waals surface area contributed by atoms with Gasteiger partial charge < -0.3 is 10.1 Å². The van der Waals surface area contributed by atoms with E-state index >= 15 is 0 Å². The number of ether oxygens (including phenoxy) is 1. The first-order valence-electron chi connectivity index (χ1n) is 12.0. The van der Waals surface area contributed by atoms with Crippen LogP contribution in [0.3, 0.4) is 0 Å². The van der Waals surface area contributed by atoms with E-state index < -0.39 is 17.2 Å². The third-order valence-electron chi connectivity index (χ3n) is 6.51. The molecule has 5 nitrogen and oxygen atoms in total. The lowest BCUT2D eigenvalue weighted by molar-refractivity contribution is -0.126. The van der Waals surface area contributed by atoms with Crippen LogP contribution in [0.4, 0.5) is 14.5 Å². The maximum absolute atomic E-state index is 15.0. The Morgan fingerprint density at radius 1 is 1.15 bits per heavy atom. The van der Waals surface area contributed by atoms with Crippen molar-refractivity contribution < 1.29 is 18.3 Å². The maximum atomic E-state index is 15.0. The van der Waals surface area contributed by atoms with E-state index in [0.29, 0.717) is 13.2 Å². The number of amides is 1. The van der Waals surface area contributed by atoms with Gasteiger partial charge in [-0.1, -0.05) is 49.6 Å². The molecule has 2 aromatic carbocycles. The molecule has 0 saturated heterocycles. The van der Waals surface area contributed by atoms with Crippen molar-refractivity contribution in [2.75, 3.05) is 25.3 Å². The van der Waals surface area contributed by atoms with Gasteiger partial charge in [0.1, 0.15) is 11.4 Å². The zero-order chi connectivity index (χ0) is 24.7. The standard InChI is InChI=1S/C27H35F2N3O2/c1-5-6-9-22-25(20-12-10-19(2)11-13-20)31-32(24-15-14-21(28)18-23(24)29)27(22,3)26(33)30-16-7-8-17-34-4/h10-15,18,22H,5-9,16-17H2,1-4H3,(H,30,33). The summed E-state index contributed by atoms with van der Waals surface area (Å²) in [6.07, 6.45) is 4.17. The molecule has 0 aromatic heterocycles. The highest BCUT2D eigenvalue weighted by atomic mass is 19.1. The molecule has 7 heteroatoms. The second-order valence-electron chi connectivity index (χ2n) is 9.06. The Morgan fingerprint density at radius 2 is 1.88 bits per heavy atom. The van der Waals surface area contributed by atoms with Crippen molar-refractivity contribution >= 4 is 17.3 Å². The first kappa shape index (κ1) is 25.8. The lowest BCUT2D eigenvalue weighted by Crippen LogP contribution is -2.58. The number of hydrogen-bond donors (Lipinski definition) is 1. The van der Waals surface area contributed by atoms with E-state index in [0.717, 1.165) is 55.0 Å². The van der Waals surface area contributed by atoms with Crippen LogP contribution in [0.1, 0.15) is 57.1 Å². The summed E-state index contributed by atoms with van der Waals surface area (Å²) in [6.45, 7) is 7.03. The van der Waals surface area contributed by atoms with Gasteiger partial charge in [0, 0.05) is 32.2 Å². The van der Waals surface area contributed by atoms with Crippen LogP contribution in [0.5, 0.6) is 0 Å². The number of carbonyl (C=O) groups excluding carboxylic acids is 1. The minimum atomic E-state index is -1.17. The lowest BCUT2D eigenvalue weighted by Gasteiger charge is -2.37. The molecule has 2 unspecified atom stereocenters. The normalized spacial score (nSPS) is 19.9. The van der Waals surface area contributed by atoms with E-state index in [9.17, 15) is 13.6 Å². The molecular formula is C27H35F2N3O2. The summed E-state index contributed by atoms with van der Waals surface area (Å²) in [4.78, 5) is 13.7. The number of benzene rings is 2. The number of hydrazone groups is 1. The van der Waals surface area contributed by atoms with Crippen LogP contribution >= 0.6 is 0 Å². The van der Waals surface area contributed by atoms with Gasteiger partial charge in [-0.2, -0.15) is 5.10 Å². The van der Waals surface area contributed by atoms with E-state index in [4.69, 9.17) is 9.84 Å². The molecule has 1 aliphatic heterocycles. The fraction of sp³-hybridized carbons (Fsp3) is 0.481. The van der Waals surface area contributed by atoms with Gasteiger partial charge in [0.05, 0.1) is 11.4 Å². The van der Waals surface area contributed by atoms with Gasteiger partial charge in [-0.25, -0.2) is 13.8 Å². The molecule has 1 amide bonds. The highest BCUT2D eigenvalue weighted by Gasteiger charge is 2.53. The lowest BCUT2D eigenvalue weighted by atomic mass is 9.76. The fourth-order valence-corrected chi connectivity index (χ4v) is 4.47. The first-order valence-corrected chi connectivity index (χ1v) is 12.0. The average molecular weight is 472 g/mol. The van der Waals surface area contributed by atoms with E-state index in [-0.39, 0.29) is 17.5 Å². The zero-order valence-electron chi connectivity index (χ0n) is 20.5. The summed E-state index contributed by atoms with van der Waals surface area (Å²) >= 11 is 0. The Kier molecular flexibility index (Phi) is 8.78. The summed E-state index contributed by atoms with van der Waals surface area (Å²) in [5, 5.41) is 9.32. The second-order valence-corrected chi connectivity index (χ2v) is 9.06. The van der Waals surface area contributed by atoms with E-state index in [1.54, 1.807) is 7.11 Å². The Hall–Kier alpha value is -2.80. The highest BCUT2D eigenvalue weighted by Crippen LogP contribution is 2.42. The monoisotopic (exact) mass is 471 g/mol. The van der Waals surface area contributed by atoms with Crippen molar-refractivity contribution in [2.24, 2.45) is 11.0 Å². The van der Waals surface area contributed by atoms with Crippen LogP contribution in [0.2, 0.25) is 0 Å². The number of halogens is 2. The summed E-state index contributed by atoms with van der Waals surface area (Å²) in [5.74, 6) is -1.91. The quantitative estimate of drug-likeness (QED) is 0.434. The van der Waals surface area contributed by atoms with Gasteiger partial charge in [-0.3, -0.25) is 4.79 Å². The molecule has 0 saturated carbocycles. The Morgan fingerprint density at radius 3 is 2.53 bits per heavy atom. The molecule has 0 bridgehead atoms. The first-order chi connectivity index (χ1) is 16.3. The van der Waals surface area contributed by atoms with Gasteiger partial charge in [0.25, 0.3) is 0 Å². The van der Waals surface area contributed by atoms with Crippen molar-refractivity contribution in [1.29, 1.82) is 0 Å². The number of nitrogens with zero attached hydrogens (tertiary/aromatic N) is 2. The largest absolute Gasteiger partial charge is 0.385 e. The molecule has 2 aromatic rings. The second kappa shape index (κ2) is 11.6. The molecule has 2 atom stereocenters. The Labute approximate surface area is 201 Å². The topological polar surface area (TPSA) is 53.9 Å². The minimum absolute atomic E-state index is 0.0852. The Bertz CT molecular complexity index is 1010. The van der Waals surface area contributed by atoms with E-state index in [1.807, 2.05) is 38.1 Å². The smallest absolute Gasteiger partial charge is 0.248 e. The number of rotatable bonds is 11. The van der Waals surface area contributed by atoms with Crippen molar-refractivity contribution in [3.63, 3.8) is 0 Å². The number of anilines is 1. The van der Waals surface area contributed by atoms with Gasteiger partial charge in [0.2, 0.25) is 5.91 Å². The van der Waals surface area contributed by atoms with Crippen molar-refractivity contribution in [2.45, 2.75) is 58.4 Å². The third-order valence-corrected chi connectivity index (χ3v) is 6.51. The van der Waals surface area contributed by atoms with Crippen LogP contribution < -0.4 is 10.3 Å². The molecule has 1 aliphatic rings. The van der Waals surface area contributed by atoms with Crippen molar-refractivity contribution in [3.05, 3.63) is 65.2 Å². The van der Waals surface area contributed by atoms with Gasteiger partial charge in [0.15, 0.2) is 5.82 Å². The summed E-state index contributed by atoms with van der Waals surface area (Å²) in [5.41, 5.74) is 1.67. The highest BCUT2D eigenvalue weighted by molar-refractivity contribution is 6.10. The Balaban J connectivity index is 2.04. The number of carbonyl (C=O) groups is 1. The molecule has 0 spiro atoms. The molecular weight excluding hydrogens is 436 g/mol. The maximum Gasteiger partial charge on any atom is 0.248 e. The summed E-state index contributed by atoms with van der Waals surface area (Å²) in [6, 6.07) is 11.4. The zero-order valence-corrected chi connectivity index (χ0v) is 20.5. The van der Waals surface area contributed by atoms with Gasteiger partial charge in [-0.05, 0) is 50.8 Å². The van der Waals surface area contributed by atoms with E-state index in [2.05, 4.69) is 12.2 Å². The van der Waals surface area contributed by atoms with Gasteiger partial charge >= 0.3 is 0 Å². The predicted molar refractivity (Wildman–Crippen MR) is 132 cm³/mol. The molecule has 184 valence electrons. The number of aryl methyl sites for hydroxylation is 1. The molecule has 0 aliphatic carbocycles. The molecule has 0 radical (unpaired) electrons. The fourth-order valence-electron chi connectivity index (χ4n) is 4.47. The number of methoxy groups -OCH3 is 1. The molecule has 1 N–H and O–H groups in total. The minimum Gasteiger partial charge on any atom is -0.385 e. The number of hydrogen-bond acceptors (Lipinski definition) is 4. The predicted octanol–water partition coefficient (Wildman–Crippen LogP) is 5.61. The average Bonchev–Trinajstić information content (AvgIpc) is 3.11. The molecule has 1 heterocycles. The number of unbranched alkanes of at least 4 members (excludes halogenated alkanes) is 2. The third kappa shape index (κ3) is 5.46. The summed E-state index contributed by atoms with van der Waals surface area (Å²) < 4.78 is 33.7. The van der Waals surface area contributed by atoms with E-state index in [1.165, 1.54) is 17.1 Å². The van der Waals surface area contributed by atoms with Crippen LogP contribution in [0, 0.1) is 24.5 Å². The summed E-state index contributed by atoms with van der Waals surface area (Å²) in [7, 11) is 1.65.